The largest absolute Gasteiger partial charge is 0.455 e. The van der Waals surface area contributed by atoms with Gasteiger partial charge in [-0.3, -0.25) is 0 Å². The molecule has 0 amide bonds. The zero-order chi connectivity index (χ0) is 20.8. The minimum Gasteiger partial charge on any atom is -0.455 e. The summed E-state index contributed by atoms with van der Waals surface area (Å²) in [5.74, 6) is -0.899. The van der Waals surface area contributed by atoms with Crippen molar-refractivity contribution in [1.29, 1.82) is 0 Å². The van der Waals surface area contributed by atoms with E-state index in [9.17, 15) is 9.59 Å². The average Bonchev–Trinajstić information content (AvgIpc) is 2.68. The Morgan fingerprint density at radius 1 is 0.857 bits per heavy atom. The lowest BCUT2D eigenvalue weighted by atomic mass is 10.1. The molecule has 28 heavy (non-hydrogen) atoms. The second-order valence-electron chi connectivity index (χ2n) is 6.94. The summed E-state index contributed by atoms with van der Waals surface area (Å²) in [7, 11) is 0. The fraction of sp³-hybridized carbons (Fsp3) is 0.500. The number of hydrogen-bond donors (Lipinski definition) is 0. The van der Waals surface area contributed by atoms with Gasteiger partial charge < -0.3 is 9.47 Å². The molecule has 1 aromatic carbocycles. The Balaban J connectivity index is 2.62. The zero-order valence-electron chi connectivity index (χ0n) is 17.6. The van der Waals surface area contributed by atoms with Gasteiger partial charge in [-0.2, -0.15) is 0 Å². The van der Waals surface area contributed by atoms with Crippen LogP contribution >= 0.6 is 0 Å². The van der Waals surface area contributed by atoms with Crippen molar-refractivity contribution in [3.63, 3.8) is 0 Å². The van der Waals surface area contributed by atoms with Crippen LogP contribution in [0.2, 0.25) is 0 Å². The highest BCUT2D eigenvalue weighted by atomic mass is 16.5. The molecule has 0 radical (unpaired) electrons. The summed E-state index contributed by atoms with van der Waals surface area (Å²) in [5, 5.41) is 0. The van der Waals surface area contributed by atoms with Gasteiger partial charge >= 0.3 is 11.9 Å². The lowest BCUT2D eigenvalue weighted by Crippen LogP contribution is -2.15. The third kappa shape index (κ3) is 9.54. The van der Waals surface area contributed by atoms with Crippen LogP contribution in [0.4, 0.5) is 0 Å². The van der Waals surface area contributed by atoms with Gasteiger partial charge in [0.15, 0.2) is 0 Å². The number of benzene rings is 1. The van der Waals surface area contributed by atoms with Crippen LogP contribution in [0.3, 0.4) is 0 Å². The van der Waals surface area contributed by atoms with E-state index in [4.69, 9.17) is 9.47 Å². The standard InChI is InChI=1S/C24H34O4/c1-5-7-9-11-14-19(3)27-23(25)21-16-13-17-22(18-21)24(26)28-20(4)15-12-10-8-6-2/h11-20H,5-10H2,1-4H3/b14-11+,15-12+. The highest BCUT2D eigenvalue weighted by Crippen LogP contribution is 2.12. The summed E-state index contributed by atoms with van der Waals surface area (Å²) >= 11 is 0. The van der Waals surface area contributed by atoms with Crippen molar-refractivity contribution in [2.24, 2.45) is 0 Å². The zero-order valence-corrected chi connectivity index (χ0v) is 17.6. The second kappa shape index (κ2) is 13.8. The van der Waals surface area contributed by atoms with Crippen molar-refractivity contribution in [3.05, 3.63) is 59.7 Å². The van der Waals surface area contributed by atoms with E-state index >= 15 is 0 Å². The highest BCUT2D eigenvalue weighted by Gasteiger charge is 2.15. The van der Waals surface area contributed by atoms with Crippen LogP contribution in [-0.2, 0) is 9.47 Å². The minimum atomic E-state index is -0.449. The predicted molar refractivity (Wildman–Crippen MR) is 114 cm³/mol. The smallest absolute Gasteiger partial charge is 0.338 e. The Hall–Kier alpha value is -2.36. The molecule has 2 atom stereocenters. The van der Waals surface area contributed by atoms with Crippen LogP contribution in [0.5, 0.6) is 0 Å². The van der Waals surface area contributed by atoms with E-state index in [1.165, 1.54) is 6.07 Å². The molecule has 154 valence electrons. The Morgan fingerprint density at radius 2 is 1.29 bits per heavy atom. The van der Waals surface area contributed by atoms with Crippen LogP contribution in [0, 0.1) is 0 Å². The van der Waals surface area contributed by atoms with Crippen LogP contribution in [-0.4, -0.2) is 24.1 Å². The molecule has 0 bridgehead atoms. The normalized spacial score (nSPS) is 13.6. The monoisotopic (exact) mass is 386 g/mol. The minimum absolute atomic E-state index is 0.312. The number of esters is 2. The van der Waals surface area contributed by atoms with Gasteiger partial charge in [0.2, 0.25) is 0 Å². The predicted octanol–water partition coefficient (Wildman–Crippen LogP) is 6.27. The van der Waals surface area contributed by atoms with E-state index in [1.54, 1.807) is 18.2 Å². The van der Waals surface area contributed by atoms with E-state index in [1.807, 2.05) is 38.2 Å². The SMILES string of the molecule is CCCC/C=C/C(C)OC(=O)c1cccc(C(=O)OC(C)/C=C/CCCC)c1. The van der Waals surface area contributed by atoms with Crippen LogP contribution in [0.15, 0.2) is 48.6 Å². The molecular weight excluding hydrogens is 352 g/mol. The Bertz CT molecular complexity index is 607. The number of ether oxygens (including phenoxy) is 2. The van der Waals surface area contributed by atoms with Gasteiger partial charge in [0.05, 0.1) is 11.1 Å². The Kier molecular flexibility index (Phi) is 11.6. The quantitative estimate of drug-likeness (QED) is 0.241. The molecular formula is C24H34O4. The number of carbonyl (C=O) groups excluding carboxylic acids is 2. The molecule has 0 aliphatic rings. The number of rotatable bonds is 12. The molecule has 0 saturated heterocycles. The van der Waals surface area contributed by atoms with Crippen molar-refractivity contribution in [2.75, 3.05) is 0 Å². The third-order valence-corrected chi connectivity index (χ3v) is 4.18. The molecule has 0 aliphatic heterocycles. The molecule has 4 nitrogen and oxygen atoms in total. The molecule has 0 aromatic heterocycles. The van der Waals surface area contributed by atoms with Gasteiger partial charge in [-0.05, 0) is 57.0 Å². The lowest BCUT2D eigenvalue weighted by Gasteiger charge is -2.11. The molecule has 0 fully saturated rings. The molecule has 0 N–H and O–H groups in total. The average molecular weight is 387 g/mol. The van der Waals surface area contributed by atoms with E-state index in [-0.39, 0.29) is 12.2 Å². The van der Waals surface area contributed by atoms with Gasteiger partial charge in [-0.25, -0.2) is 9.59 Å². The summed E-state index contributed by atoms with van der Waals surface area (Å²) in [4.78, 5) is 24.6. The maximum atomic E-state index is 12.3. The summed E-state index contributed by atoms with van der Waals surface area (Å²) in [6.45, 7) is 7.92. The number of carbonyl (C=O) groups is 2. The summed E-state index contributed by atoms with van der Waals surface area (Å²) in [5.41, 5.74) is 0.684. The molecule has 0 saturated carbocycles. The van der Waals surface area contributed by atoms with Gasteiger partial charge in [-0.1, -0.05) is 57.7 Å². The lowest BCUT2D eigenvalue weighted by molar-refractivity contribution is 0.0423. The number of allylic oxidation sites excluding steroid dienone is 2. The van der Waals surface area contributed by atoms with Gasteiger partial charge in [-0.15, -0.1) is 0 Å². The second-order valence-corrected chi connectivity index (χ2v) is 6.94. The summed E-state index contributed by atoms with van der Waals surface area (Å²) in [6, 6.07) is 6.46. The van der Waals surface area contributed by atoms with E-state index < -0.39 is 11.9 Å². The van der Waals surface area contributed by atoms with E-state index in [2.05, 4.69) is 13.8 Å². The van der Waals surface area contributed by atoms with Crippen molar-refractivity contribution in [3.8, 4) is 0 Å². The maximum absolute atomic E-state index is 12.3. The first kappa shape index (κ1) is 23.7. The Morgan fingerprint density at radius 3 is 1.68 bits per heavy atom. The van der Waals surface area contributed by atoms with Crippen molar-refractivity contribution >= 4 is 11.9 Å². The third-order valence-electron chi connectivity index (χ3n) is 4.18. The first-order valence-electron chi connectivity index (χ1n) is 10.3. The van der Waals surface area contributed by atoms with Gasteiger partial charge in [0, 0.05) is 0 Å². The molecule has 0 spiro atoms. The van der Waals surface area contributed by atoms with E-state index in [0.717, 1.165) is 38.5 Å². The maximum Gasteiger partial charge on any atom is 0.338 e. The summed E-state index contributed by atoms with van der Waals surface area (Å²) in [6.07, 6.45) is 13.7. The molecule has 0 aliphatic carbocycles. The summed E-state index contributed by atoms with van der Waals surface area (Å²) < 4.78 is 10.8. The van der Waals surface area contributed by atoms with Gasteiger partial charge in [0.1, 0.15) is 12.2 Å². The van der Waals surface area contributed by atoms with Crippen molar-refractivity contribution in [1.82, 2.24) is 0 Å². The molecule has 0 heterocycles. The first-order valence-corrected chi connectivity index (χ1v) is 10.3. The molecule has 1 rings (SSSR count). The molecule has 4 heteroatoms. The van der Waals surface area contributed by atoms with Crippen LogP contribution < -0.4 is 0 Å². The van der Waals surface area contributed by atoms with Crippen LogP contribution in [0.1, 0.15) is 86.9 Å². The molecule has 2 unspecified atom stereocenters. The van der Waals surface area contributed by atoms with Crippen molar-refractivity contribution in [2.45, 2.75) is 78.4 Å². The van der Waals surface area contributed by atoms with Crippen LogP contribution in [0.25, 0.3) is 0 Å². The number of unbranched alkanes of at least 4 members (excludes halogenated alkanes) is 4. The molecule has 1 aromatic rings. The highest BCUT2D eigenvalue weighted by molar-refractivity contribution is 5.95. The first-order chi connectivity index (χ1) is 13.5. The van der Waals surface area contributed by atoms with E-state index in [0.29, 0.717) is 11.1 Å². The number of hydrogen-bond acceptors (Lipinski definition) is 4. The topological polar surface area (TPSA) is 52.6 Å². The van der Waals surface area contributed by atoms with Crippen molar-refractivity contribution < 1.29 is 19.1 Å². The van der Waals surface area contributed by atoms with Gasteiger partial charge in [0.25, 0.3) is 0 Å². The fourth-order valence-electron chi connectivity index (χ4n) is 2.55. The fourth-order valence-corrected chi connectivity index (χ4v) is 2.55. The Labute approximate surface area is 169 Å².